The van der Waals surface area contributed by atoms with Gasteiger partial charge in [0.25, 0.3) is 0 Å². The normalized spacial score (nSPS) is 12.2. The fraction of sp³-hybridized carbons (Fsp3) is 0.417. The third-order valence-corrected chi connectivity index (χ3v) is 3.11. The lowest BCUT2D eigenvalue weighted by Gasteiger charge is -2.13. The molecule has 5 nitrogen and oxygen atoms in total. The monoisotopic (exact) mass is 268 g/mol. The molecule has 0 saturated carbocycles. The van der Waals surface area contributed by atoms with Crippen LogP contribution in [0.5, 0.6) is 0 Å². The summed E-state index contributed by atoms with van der Waals surface area (Å²) in [6.45, 7) is 5.54. The maximum Gasteiger partial charge on any atom is 0.335 e. The van der Waals surface area contributed by atoms with E-state index in [4.69, 9.17) is 5.11 Å². The van der Waals surface area contributed by atoms with E-state index in [0.29, 0.717) is 5.03 Å². The number of thioether (sulfide) groups is 1. The number of carbonyl (C=O) groups is 2. The molecule has 18 heavy (non-hydrogen) atoms. The van der Waals surface area contributed by atoms with E-state index >= 15 is 0 Å². The zero-order valence-electron chi connectivity index (χ0n) is 10.5. The molecule has 1 heterocycles. The Morgan fingerprint density at radius 3 is 2.61 bits per heavy atom. The summed E-state index contributed by atoms with van der Waals surface area (Å²) in [6, 6.07) is 2.97. The van der Waals surface area contributed by atoms with E-state index in [1.807, 2.05) is 13.8 Å². The Bertz CT molecular complexity index is 449. The van der Waals surface area contributed by atoms with Gasteiger partial charge in [-0.25, -0.2) is 9.78 Å². The number of aromatic carboxylic acids is 1. The van der Waals surface area contributed by atoms with Gasteiger partial charge in [-0.1, -0.05) is 11.8 Å². The van der Waals surface area contributed by atoms with E-state index in [9.17, 15) is 9.59 Å². The van der Waals surface area contributed by atoms with Gasteiger partial charge in [0, 0.05) is 12.2 Å². The predicted molar refractivity (Wildman–Crippen MR) is 69.8 cm³/mol. The highest BCUT2D eigenvalue weighted by Gasteiger charge is 2.16. The second-order valence-corrected chi connectivity index (χ2v) is 5.47. The van der Waals surface area contributed by atoms with Gasteiger partial charge in [0.05, 0.1) is 15.8 Å². The molecule has 1 atom stereocenters. The summed E-state index contributed by atoms with van der Waals surface area (Å²) >= 11 is 1.24. The van der Waals surface area contributed by atoms with Gasteiger partial charge in [0.15, 0.2) is 0 Å². The van der Waals surface area contributed by atoms with Crippen molar-refractivity contribution in [1.82, 2.24) is 10.3 Å². The van der Waals surface area contributed by atoms with Crippen LogP contribution in [0.15, 0.2) is 23.4 Å². The Hall–Kier alpha value is -1.56. The summed E-state index contributed by atoms with van der Waals surface area (Å²) in [5, 5.41) is 11.9. The van der Waals surface area contributed by atoms with Crippen LogP contribution < -0.4 is 5.32 Å². The third kappa shape index (κ3) is 4.37. The highest BCUT2D eigenvalue weighted by molar-refractivity contribution is 8.00. The lowest BCUT2D eigenvalue weighted by molar-refractivity contribution is -0.120. The lowest BCUT2D eigenvalue weighted by atomic mass is 10.3. The van der Waals surface area contributed by atoms with Crippen molar-refractivity contribution in [2.24, 2.45) is 0 Å². The molecule has 98 valence electrons. The molecule has 0 fully saturated rings. The minimum atomic E-state index is -1.00. The lowest BCUT2D eigenvalue weighted by Crippen LogP contribution is -2.35. The number of nitrogens with zero attached hydrogens (tertiary/aromatic N) is 1. The van der Waals surface area contributed by atoms with E-state index < -0.39 is 5.97 Å². The van der Waals surface area contributed by atoms with Crippen LogP contribution in [0.2, 0.25) is 0 Å². The van der Waals surface area contributed by atoms with Crippen LogP contribution in [0.4, 0.5) is 0 Å². The molecule has 2 N–H and O–H groups in total. The number of hydrogen-bond donors (Lipinski definition) is 2. The molecule has 0 aromatic carbocycles. The Morgan fingerprint density at radius 1 is 1.39 bits per heavy atom. The molecule has 0 radical (unpaired) electrons. The number of pyridine rings is 1. The second-order valence-electron chi connectivity index (χ2n) is 4.11. The molecule has 1 amide bonds. The molecule has 1 unspecified atom stereocenters. The number of carboxylic acids is 1. The molecule has 0 aliphatic carbocycles. The smallest absolute Gasteiger partial charge is 0.335 e. The number of nitrogens with one attached hydrogen (secondary N) is 1. The van der Waals surface area contributed by atoms with Crippen molar-refractivity contribution in [3.63, 3.8) is 0 Å². The SMILES string of the molecule is CC(C)NC(=O)C(C)Sc1cc(C(=O)O)ccn1. The first-order valence-electron chi connectivity index (χ1n) is 5.56. The van der Waals surface area contributed by atoms with Crippen LogP contribution in [0, 0.1) is 0 Å². The molecular weight excluding hydrogens is 252 g/mol. The first kappa shape index (κ1) is 14.5. The Morgan fingerprint density at radius 2 is 2.06 bits per heavy atom. The molecule has 0 aliphatic heterocycles. The number of rotatable bonds is 5. The minimum absolute atomic E-state index is 0.0823. The van der Waals surface area contributed by atoms with Gasteiger partial charge in [-0.2, -0.15) is 0 Å². The molecule has 0 saturated heterocycles. The Labute approximate surface area is 110 Å². The summed E-state index contributed by atoms with van der Waals surface area (Å²) in [4.78, 5) is 26.5. The van der Waals surface area contributed by atoms with Crippen LogP contribution in [-0.2, 0) is 4.79 Å². The van der Waals surface area contributed by atoms with E-state index in [1.54, 1.807) is 6.92 Å². The number of aromatic nitrogens is 1. The van der Waals surface area contributed by atoms with Gasteiger partial charge in [-0.05, 0) is 32.9 Å². The van der Waals surface area contributed by atoms with E-state index in [1.165, 1.54) is 30.1 Å². The van der Waals surface area contributed by atoms with Crippen molar-refractivity contribution in [3.05, 3.63) is 23.9 Å². The summed E-state index contributed by atoms with van der Waals surface area (Å²) in [5.41, 5.74) is 0.170. The van der Waals surface area contributed by atoms with Gasteiger partial charge in [-0.15, -0.1) is 0 Å². The average Bonchev–Trinajstić information content (AvgIpc) is 2.28. The average molecular weight is 268 g/mol. The molecule has 6 heteroatoms. The van der Waals surface area contributed by atoms with Crippen molar-refractivity contribution >= 4 is 23.6 Å². The molecule has 0 spiro atoms. The fourth-order valence-electron chi connectivity index (χ4n) is 1.24. The second kappa shape index (κ2) is 6.39. The molecule has 1 aromatic heterocycles. The first-order chi connectivity index (χ1) is 8.40. The Kier molecular flexibility index (Phi) is 5.15. The zero-order valence-corrected chi connectivity index (χ0v) is 11.3. The van der Waals surface area contributed by atoms with Crippen LogP contribution in [0.1, 0.15) is 31.1 Å². The van der Waals surface area contributed by atoms with Crippen molar-refractivity contribution in [3.8, 4) is 0 Å². The third-order valence-electron chi connectivity index (χ3n) is 2.08. The summed E-state index contributed by atoms with van der Waals surface area (Å²) in [6.07, 6.45) is 1.43. The molecule has 1 aromatic rings. The van der Waals surface area contributed by atoms with Gasteiger partial charge in [0.2, 0.25) is 5.91 Å². The van der Waals surface area contributed by atoms with E-state index in [-0.39, 0.29) is 22.8 Å². The van der Waals surface area contributed by atoms with Crippen molar-refractivity contribution < 1.29 is 14.7 Å². The minimum Gasteiger partial charge on any atom is -0.478 e. The van der Waals surface area contributed by atoms with Gasteiger partial charge in [0.1, 0.15) is 0 Å². The van der Waals surface area contributed by atoms with Crippen LogP contribution in [-0.4, -0.2) is 33.3 Å². The maximum atomic E-state index is 11.7. The zero-order chi connectivity index (χ0) is 13.7. The fourth-order valence-corrected chi connectivity index (χ4v) is 2.10. The van der Waals surface area contributed by atoms with Crippen LogP contribution >= 0.6 is 11.8 Å². The molecular formula is C12H16N2O3S. The van der Waals surface area contributed by atoms with Crippen molar-refractivity contribution in [2.45, 2.75) is 37.1 Å². The number of carbonyl (C=O) groups excluding carboxylic acids is 1. The maximum absolute atomic E-state index is 11.7. The highest BCUT2D eigenvalue weighted by Crippen LogP contribution is 2.22. The topological polar surface area (TPSA) is 79.3 Å². The van der Waals surface area contributed by atoms with Gasteiger partial charge < -0.3 is 10.4 Å². The first-order valence-corrected chi connectivity index (χ1v) is 6.44. The van der Waals surface area contributed by atoms with E-state index in [2.05, 4.69) is 10.3 Å². The van der Waals surface area contributed by atoms with Crippen molar-refractivity contribution in [1.29, 1.82) is 0 Å². The molecule has 0 bridgehead atoms. The molecule has 0 aliphatic rings. The Balaban J connectivity index is 2.69. The summed E-state index contributed by atoms with van der Waals surface area (Å²) in [7, 11) is 0. The number of amides is 1. The number of carboxylic acid groups (broad SMARTS) is 1. The highest BCUT2D eigenvalue weighted by atomic mass is 32.2. The van der Waals surface area contributed by atoms with Gasteiger partial charge in [-0.3, -0.25) is 4.79 Å². The summed E-state index contributed by atoms with van der Waals surface area (Å²) < 4.78 is 0. The quantitative estimate of drug-likeness (QED) is 0.796. The molecule has 1 rings (SSSR count). The predicted octanol–water partition coefficient (Wildman–Crippen LogP) is 1.78. The van der Waals surface area contributed by atoms with Crippen LogP contribution in [0.3, 0.4) is 0 Å². The van der Waals surface area contributed by atoms with E-state index in [0.717, 1.165) is 0 Å². The standard InChI is InChI=1S/C12H16N2O3S/c1-7(2)14-11(15)8(3)18-10-6-9(12(16)17)4-5-13-10/h4-8H,1-3H3,(H,14,15)(H,16,17). The van der Waals surface area contributed by atoms with Crippen molar-refractivity contribution in [2.75, 3.05) is 0 Å². The largest absolute Gasteiger partial charge is 0.478 e. The van der Waals surface area contributed by atoms with Gasteiger partial charge >= 0.3 is 5.97 Å². The summed E-state index contributed by atoms with van der Waals surface area (Å²) in [5.74, 6) is -1.09. The number of hydrogen-bond acceptors (Lipinski definition) is 4. The van der Waals surface area contributed by atoms with Crippen LogP contribution in [0.25, 0.3) is 0 Å².